The van der Waals surface area contributed by atoms with E-state index >= 15 is 0 Å². The van der Waals surface area contributed by atoms with Crippen LogP contribution in [0.2, 0.25) is 0 Å². The van der Waals surface area contributed by atoms with Crippen LogP contribution in [-0.2, 0) is 6.42 Å². The molecular weight excluding hydrogens is 242 g/mol. The highest BCUT2D eigenvalue weighted by molar-refractivity contribution is 7.10. The van der Waals surface area contributed by atoms with Crippen LogP contribution >= 0.6 is 11.3 Å². The molecule has 2 heterocycles. The van der Waals surface area contributed by atoms with Crippen molar-refractivity contribution in [2.75, 3.05) is 19.7 Å². The van der Waals surface area contributed by atoms with Gasteiger partial charge in [-0.05, 0) is 43.2 Å². The van der Waals surface area contributed by atoms with Crippen LogP contribution in [0.15, 0.2) is 11.4 Å². The zero-order valence-electron chi connectivity index (χ0n) is 11.2. The predicted molar refractivity (Wildman–Crippen MR) is 76.0 cm³/mol. The molecule has 1 saturated carbocycles. The number of nitrogens with zero attached hydrogens (tertiary/aromatic N) is 1. The first-order valence-corrected chi connectivity index (χ1v) is 8.03. The summed E-state index contributed by atoms with van der Waals surface area (Å²) in [7, 11) is 0. The summed E-state index contributed by atoms with van der Waals surface area (Å²) in [4.78, 5) is 4.17. The molecule has 100 valence electrons. The van der Waals surface area contributed by atoms with E-state index in [2.05, 4.69) is 23.3 Å². The largest absolute Gasteiger partial charge is 0.396 e. The lowest BCUT2D eigenvalue weighted by atomic mass is 9.85. The molecule has 2 aliphatic rings. The zero-order valence-corrected chi connectivity index (χ0v) is 12.0. The zero-order chi connectivity index (χ0) is 12.6. The van der Waals surface area contributed by atoms with Crippen molar-refractivity contribution in [3.63, 3.8) is 0 Å². The Hall–Kier alpha value is -0.380. The minimum atomic E-state index is 0.196. The van der Waals surface area contributed by atoms with Gasteiger partial charge >= 0.3 is 0 Å². The number of hydrogen-bond donors (Lipinski definition) is 1. The van der Waals surface area contributed by atoms with Gasteiger partial charge in [-0.25, -0.2) is 0 Å². The smallest absolute Gasteiger partial charge is 0.0499 e. The summed E-state index contributed by atoms with van der Waals surface area (Å²) in [5, 5.41) is 12.0. The third kappa shape index (κ3) is 2.13. The first kappa shape index (κ1) is 12.6. The maximum absolute atomic E-state index is 9.76. The standard InChI is InChI=1S/C15H23NOS/c1-12-13-5-9-18-14(13)4-8-16(12)10-15(11-17)6-2-3-7-15/h5,9,12,17H,2-4,6-8,10-11H2,1H3. The Balaban J connectivity index is 1.74. The number of rotatable bonds is 3. The van der Waals surface area contributed by atoms with Crippen LogP contribution in [0.1, 0.15) is 49.1 Å². The molecule has 18 heavy (non-hydrogen) atoms. The fraction of sp³-hybridized carbons (Fsp3) is 0.733. The highest BCUT2D eigenvalue weighted by atomic mass is 32.1. The Morgan fingerprint density at radius 1 is 1.44 bits per heavy atom. The molecule has 0 amide bonds. The van der Waals surface area contributed by atoms with Crippen LogP contribution < -0.4 is 0 Å². The van der Waals surface area contributed by atoms with E-state index < -0.39 is 0 Å². The van der Waals surface area contributed by atoms with Crippen molar-refractivity contribution in [2.24, 2.45) is 5.41 Å². The van der Waals surface area contributed by atoms with Gasteiger partial charge in [-0.1, -0.05) is 12.8 Å². The van der Waals surface area contributed by atoms with Crippen molar-refractivity contribution in [1.82, 2.24) is 4.90 Å². The minimum absolute atomic E-state index is 0.196. The van der Waals surface area contributed by atoms with Gasteiger partial charge in [0.2, 0.25) is 0 Å². The molecule has 0 bridgehead atoms. The van der Waals surface area contributed by atoms with Crippen LogP contribution in [0.3, 0.4) is 0 Å². The van der Waals surface area contributed by atoms with E-state index in [4.69, 9.17) is 0 Å². The molecule has 1 aromatic rings. The van der Waals surface area contributed by atoms with Crippen molar-refractivity contribution < 1.29 is 5.11 Å². The molecule has 1 unspecified atom stereocenters. The second kappa shape index (κ2) is 4.95. The highest BCUT2D eigenvalue weighted by Gasteiger charge is 2.37. The molecule has 0 saturated heterocycles. The lowest BCUT2D eigenvalue weighted by Gasteiger charge is -2.40. The number of aliphatic hydroxyl groups is 1. The SMILES string of the molecule is CC1c2ccsc2CCN1CC1(CO)CCCC1. The Bertz CT molecular complexity index is 408. The monoisotopic (exact) mass is 265 g/mol. The molecule has 0 aromatic carbocycles. The summed E-state index contributed by atoms with van der Waals surface area (Å²) in [5.74, 6) is 0. The first-order chi connectivity index (χ1) is 8.74. The molecule has 0 radical (unpaired) electrons. The van der Waals surface area contributed by atoms with Gasteiger partial charge in [0.05, 0.1) is 0 Å². The van der Waals surface area contributed by atoms with Crippen LogP contribution in [0, 0.1) is 5.41 Å². The van der Waals surface area contributed by atoms with Crippen molar-refractivity contribution >= 4 is 11.3 Å². The summed E-state index contributed by atoms with van der Waals surface area (Å²) in [6.07, 6.45) is 6.21. The topological polar surface area (TPSA) is 23.5 Å². The number of hydrogen-bond acceptors (Lipinski definition) is 3. The van der Waals surface area contributed by atoms with Crippen LogP contribution in [0.25, 0.3) is 0 Å². The lowest BCUT2D eigenvalue weighted by Crippen LogP contribution is -2.42. The summed E-state index contributed by atoms with van der Waals surface area (Å²) < 4.78 is 0. The summed E-state index contributed by atoms with van der Waals surface area (Å²) in [6.45, 7) is 4.94. The van der Waals surface area contributed by atoms with Crippen molar-refractivity contribution in [2.45, 2.75) is 45.1 Å². The van der Waals surface area contributed by atoms with Gasteiger partial charge in [0, 0.05) is 36.0 Å². The fourth-order valence-electron chi connectivity index (χ4n) is 3.70. The predicted octanol–water partition coefficient (Wildman–Crippen LogP) is 3.22. The van der Waals surface area contributed by atoms with Crippen molar-refractivity contribution in [1.29, 1.82) is 0 Å². The molecule has 1 fully saturated rings. The highest BCUT2D eigenvalue weighted by Crippen LogP contribution is 2.41. The van der Waals surface area contributed by atoms with Gasteiger partial charge in [0.25, 0.3) is 0 Å². The lowest BCUT2D eigenvalue weighted by molar-refractivity contribution is 0.0577. The molecule has 1 aromatic heterocycles. The maximum atomic E-state index is 9.76. The summed E-state index contributed by atoms with van der Waals surface area (Å²) in [5.41, 5.74) is 1.72. The van der Waals surface area contributed by atoms with Crippen LogP contribution in [0.4, 0.5) is 0 Å². The van der Waals surface area contributed by atoms with Gasteiger partial charge in [-0.2, -0.15) is 0 Å². The molecule has 2 nitrogen and oxygen atoms in total. The summed E-state index contributed by atoms with van der Waals surface area (Å²) in [6, 6.07) is 2.82. The maximum Gasteiger partial charge on any atom is 0.0499 e. The van der Waals surface area contributed by atoms with Crippen LogP contribution in [-0.4, -0.2) is 29.7 Å². The van der Waals surface area contributed by atoms with Gasteiger partial charge in [0.15, 0.2) is 0 Å². The third-order valence-corrected chi connectivity index (χ3v) is 5.94. The van der Waals surface area contributed by atoms with E-state index in [9.17, 15) is 5.11 Å². The van der Waals surface area contributed by atoms with E-state index in [1.807, 2.05) is 11.3 Å². The van der Waals surface area contributed by atoms with E-state index in [-0.39, 0.29) is 5.41 Å². The van der Waals surface area contributed by atoms with E-state index in [1.54, 1.807) is 4.88 Å². The molecule has 1 atom stereocenters. The second-order valence-electron chi connectivity index (χ2n) is 6.06. The molecule has 3 heteroatoms. The quantitative estimate of drug-likeness (QED) is 0.907. The van der Waals surface area contributed by atoms with E-state index in [1.165, 1.54) is 37.7 Å². The molecule has 1 aliphatic heterocycles. The normalized spacial score (nSPS) is 27.3. The molecule has 0 spiro atoms. The minimum Gasteiger partial charge on any atom is -0.396 e. The van der Waals surface area contributed by atoms with Crippen molar-refractivity contribution in [3.05, 3.63) is 21.9 Å². The average Bonchev–Trinajstić information content (AvgIpc) is 3.03. The average molecular weight is 265 g/mol. The molecule has 1 aliphatic carbocycles. The van der Waals surface area contributed by atoms with E-state index in [0.29, 0.717) is 12.6 Å². The molecular formula is C15H23NOS. The number of thiophene rings is 1. The van der Waals surface area contributed by atoms with Crippen LogP contribution in [0.5, 0.6) is 0 Å². The Morgan fingerprint density at radius 2 is 2.22 bits per heavy atom. The van der Waals surface area contributed by atoms with Gasteiger partial charge < -0.3 is 5.11 Å². The first-order valence-electron chi connectivity index (χ1n) is 7.15. The number of fused-ring (bicyclic) bond motifs is 1. The second-order valence-corrected chi connectivity index (χ2v) is 7.06. The Morgan fingerprint density at radius 3 is 2.94 bits per heavy atom. The van der Waals surface area contributed by atoms with Crippen molar-refractivity contribution in [3.8, 4) is 0 Å². The third-order valence-electron chi connectivity index (χ3n) is 4.94. The van der Waals surface area contributed by atoms with E-state index in [0.717, 1.165) is 13.1 Å². The Kier molecular flexibility index (Phi) is 3.48. The molecule has 3 rings (SSSR count). The fourth-order valence-corrected chi connectivity index (χ4v) is 4.66. The van der Waals surface area contributed by atoms with Gasteiger partial charge in [-0.3, -0.25) is 4.90 Å². The van der Waals surface area contributed by atoms with Gasteiger partial charge in [0.1, 0.15) is 0 Å². The van der Waals surface area contributed by atoms with Gasteiger partial charge in [-0.15, -0.1) is 11.3 Å². The molecule has 1 N–H and O–H groups in total. The summed E-state index contributed by atoms with van der Waals surface area (Å²) >= 11 is 1.90. The Labute approximate surface area is 114 Å². The number of aliphatic hydroxyl groups excluding tert-OH is 1.